The minimum absolute atomic E-state index is 0.0440. The maximum atomic E-state index is 13.6. The maximum absolute atomic E-state index is 13.6. The van der Waals surface area contributed by atoms with Crippen LogP contribution in [0.4, 0.5) is 20.2 Å². The van der Waals surface area contributed by atoms with Gasteiger partial charge in [0, 0.05) is 54.6 Å². The van der Waals surface area contributed by atoms with Gasteiger partial charge in [0.05, 0.1) is 23.9 Å². The van der Waals surface area contributed by atoms with Crippen LogP contribution in [0.1, 0.15) is 32.9 Å². The van der Waals surface area contributed by atoms with Gasteiger partial charge in [0.15, 0.2) is 0 Å². The number of benzene rings is 1. The van der Waals surface area contributed by atoms with Gasteiger partial charge in [-0.05, 0) is 31.0 Å². The second-order valence-corrected chi connectivity index (χ2v) is 10.6. The summed E-state index contributed by atoms with van der Waals surface area (Å²) in [6.07, 6.45) is -1.73. The van der Waals surface area contributed by atoms with Crippen molar-refractivity contribution >= 4 is 38.8 Å². The van der Waals surface area contributed by atoms with Crippen molar-refractivity contribution in [2.24, 2.45) is 0 Å². The number of rotatable bonds is 4. The molecule has 1 amide bonds. The molecule has 4 N–H and O–H groups in total. The zero-order valence-electron chi connectivity index (χ0n) is 19.7. The molecule has 190 valence electrons. The molecule has 36 heavy (non-hydrogen) atoms. The Hall–Kier alpha value is -3.02. The van der Waals surface area contributed by atoms with E-state index >= 15 is 0 Å². The van der Waals surface area contributed by atoms with Crippen molar-refractivity contribution in [3.05, 3.63) is 46.0 Å². The van der Waals surface area contributed by atoms with Crippen LogP contribution in [0.2, 0.25) is 0 Å². The predicted octanol–water partition coefficient (Wildman–Crippen LogP) is 3.04. The quantitative estimate of drug-likeness (QED) is 0.491. The number of aromatic nitrogens is 1. The van der Waals surface area contributed by atoms with Gasteiger partial charge in [-0.2, -0.15) is 0 Å². The van der Waals surface area contributed by atoms with Gasteiger partial charge in [0.25, 0.3) is 12.3 Å². The van der Waals surface area contributed by atoms with E-state index in [1.54, 1.807) is 6.92 Å². The molecule has 3 atom stereocenters. The van der Waals surface area contributed by atoms with Gasteiger partial charge in [-0.3, -0.25) is 4.79 Å². The zero-order valence-corrected chi connectivity index (χ0v) is 20.5. The number of carbonyl (C=O) groups excluding carboxylic acids is 1. The third-order valence-corrected chi connectivity index (χ3v) is 8.03. The van der Waals surface area contributed by atoms with Gasteiger partial charge in [-0.15, -0.1) is 11.3 Å². The van der Waals surface area contributed by atoms with Crippen LogP contribution in [-0.2, 0) is 11.2 Å². The number of nitrogens with two attached hydrogens (primary N) is 1. The van der Waals surface area contributed by atoms with E-state index < -0.39 is 12.3 Å². The molecule has 0 aliphatic carbocycles. The molecule has 5 heterocycles. The van der Waals surface area contributed by atoms with Crippen molar-refractivity contribution in [3.63, 3.8) is 0 Å². The molecule has 3 aromatic rings. The summed E-state index contributed by atoms with van der Waals surface area (Å²) in [6.45, 7) is 5.34. The number of halogens is 2. The fourth-order valence-electron chi connectivity index (χ4n) is 5.29. The number of nitrogens with zero attached hydrogens (tertiary/aromatic N) is 2. The molecule has 2 fully saturated rings. The van der Waals surface area contributed by atoms with Gasteiger partial charge in [-0.1, -0.05) is 6.07 Å². The molecule has 3 aliphatic heterocycles. The number of anilines is 2. The van der Waals surface area contributed by atoms with Crippen molar-refractivity contribution in [3.8, 4) is 5.75 Å². The fraction of sp³-hybridized carbons (Fsp3) is 0.440. The van der Waals surface area contributed by atoms with Gasteiger partial charge < -0.3 is 30.7 Å². The number of morpholine rings is 2. The highest BCUT2D eigenvalue weighted by Gasteiger charge is 2.32. The summed E-state index contributed by atoms with van der Waals surface area (Å²) >= 11 is 1.03. The lowest BCUT2D eigenvalue weighted by Gasteiger charge is -2.43. The van der Waals surface area contributed by atoms with Crippen molar-refractivity contribution in [1.29, 1.82) is 0 Å². The van der Waals surface area contributed by atoms with Gasteiger partial charge in [0.1, 0.15) is 22.1 Å². The first-order valence-corrected chi connectivity index (χ1v) is 12.8. The standard InChI is InChI=1S/C25H27F2N5O3S/c1-12-4-18(23(26)27)20-21(28)22(36-25(20)30-12)24(33)31-14-5-13-2-3-15(6-19(13)34-11-14)32-9-16-7-29-8-17(10-32)35-16/h2-4,6,14,16-17,23,29H,5,7-11,28H2,1H3,(H,31,33)/t14-,16?,17?/m1/s1. The number of hydrogen-bond donors (Lipinski definition) is 3. The summed E-state index contributed by atoms with van der Waals surface area (Å²) in [7, 11) is 0. The Labute approximate surface area is 210 Å². The molecular weight excluding hydrogens is 488 g/mol. The third-order valence-electron chi connectivity index (χ3n) is 6.93. The van der Waals surface area contributed by atoms with E-state index in [2.05, 4.69) is 32.7 Å². The van der Waals surface area contributed by atoms with E-state index in [1.165, 1.54) is 6.07 Å². The van der Waals surface area contributed by atoms with E-state index in [-0.39, 0.29) is 39.8 Å². The van der Waals surface area contributed by atoms with Crippen LogP contribution in [0.25, 0.3) is 10.2 Å². The Balaban J connectivity index is 1.17. The van der Waals surface area contributed by atoms with Crippen LogP contribution in [-0.4, -0.2) is 61.9 Å². The minimum atomic E-state index is -2.70. The molecule has 6 rings (SSSR count). The van der Waals surface area contributed by atoms with Crippen LogP contribution >= 0.6 is 11.3 Å². The van der Waals surface area contributed by atoms with Crippen LogP contribution < -0.4 is 26.0 Å². The second-order valence-electron chi connectivity index (χ2n) is 9.60. The molecule has 11 heteroatoms. The van der Waals surface area contributed by atoms with Crippen molar-refractivity contribution in [2.75, 3.05) is 43.4 Å². The van der Waals surface area contributed by atoms with E-state index in [1.807, 2.05) is 6.07 Å². The number of nitrogen functional groups attached to an aromatic ring is 1. The highest BCUT2D eigenvalue weighted by molar-refractivity contribution is 7.21. The van der Waals surface area contributed by atoms with Crippen LogP contribution in [0.15, 0.2) is 24.3 Å². The first-order chi connectivity index (χ1) is 17.4. The monoisotopic (exact) mass is 515 g/mol. The zero-order chi connectivity index (χ0) is 25.0. The summed E-state index contributed by atoms with van der Waals surface area (Å²) in [5, 5.41) is 6.53. The lowest BCUT2D eigenvalue weighted by Crippen LogP contribution is -2.58. The van der Waals surface area contributed by atoms with E-state index in [0.29, 0.717) is 23.6 Å². The molecule has 2 bridgehead atoms. The third kappa shape index (κ3) is 4.25. The Morgan fingerprint density at radius 1 is 1.28 bits per heavy atom. The first kappa shape index (κ1) is 23.4. The molecule has 8 nitrogen and oxygen atoms in total. The number of nitrogens with one attached hydrogen (secondary N) is 2. The van der Waals surface area contributed by atoms with E-state index in [9.17, 15) is 13.6 Å². The van der Waals surface area contributed by atoms with Crippen molar-refractivity contribution in [1.82, 2.24) is 15.6 Å². The average Bonchev–Trinajstić information content (AvgIpc) is 3.18. The van der Waals surface area contributed by atoms with Gasteiger partial charge in [0.2, 0.25) is 0 Å². The molecule has 2 saturated heterocycles. The molecule has 1 aromatic carbocycles. The van der Waals surface area contributed by atoms with Crippen LogP contribution in [0.3, 0.4) is 0 Å². The largest absolute Gasteiger partial charge is 0.491 e. The normalized spacial score (nSPS) is 23.4. The number of pyridine rings is 1. The van der Waals surface area contributed by atoms with Gasteiger partial charge >= 0.3 is 0 Å². The van der Waals surface area contributed by atoms with E-state index in [0.717, 1.165) is 54.5 Å². The smallest absolute Gasteiger partial charge is 0.264 e. The summed E-state index contributed by atoms with van der Waals surface area (Å²) in [4.78, 5) is 20.2. The lowest BCUT2D eigenvalue weighted by molar-refractivity contribution is -0.0484. The summed E-state index contributed by atoms with van der Waals surface area (Å²) in [5.41, 5.74) is 8.57. The Bertz CT molecular complexity index is 1320. The number of thiophene rings is 1. The Morgan fingerprint density at radius 3 is 2.81 bits per heavy atom. The molecule has 2 unspecified atom stereocenters. The first-order valence-electron chi connectivity index (χ1n) is 12.0. The molecule has 0 radical (unpaired) electrons. The number of carbonyl (C=O) groups is 1. The minimum Gasteiger partial charge on any atom is -0.491 e. The molecule has 0 spiro atoms. The summed E-state index contributed by atoms with van der Waals surface area (Å²) in [5.74, 6) is 0.408. The van der Waals surface area contributed by atoms with Crippen molar-refractivity contribution < 1.29 is 23.0 Å². The summed E-state index contributed by atoms with van der Waals surface area (Å²) < 4.78 is 39.2. The Kier molecular flexibility index (Phi) is 5.93. The highest BCUT2D eigenvalue weighted by atomic mass is 32.1. The number of alkyl halides is 2. The lowest BCUT2D eigenvalue weighted by atomic mass is 10.0. The summed E-state index contributed by atoms with van der Waals surface area (Å²) in [6, 6.07) is 7.25. The van der Waals surface area contributed by atoms with Gasteiger partial charge in [-0.25, -0.2) is 13.8 Å². The fourth-order valence-corrected chi connectivity index (χ4v) is 6.36. The predicted molar refractivity (Wildman–Crippen MR) is 134 cm³/mol. The number of amides is 1. The number of ether oxygens (including phenoxy) is 2. The molecule has 0 saturated carbocycles. The van der Waals surface area contributed by atoms with Crippen LogP contribution in [0, 0.1) is 6.92 Å². The topological polar surface area (TPSA) is 102 Å². The number of aryl methyl sites for hydroxylation is 1. The second kappa shape index (κ2) is 9.13. The average molecular weight is 516 g/mol. The van der Waals surface area contributed by atoms with Crippen molar-refractivity contribution in [2.45, 2.75) is 38.0 Å². The maximum Gasteiger partial charge on any atom is 0.264 e. The molecule has 3 aliphatic rings. The SMILES string of the molecule is Cc1cc(C(F)F)c2c(N)c(C(=O)N[C@H]3COc4cc(N5CC6CNCC(C5)O6)ccc4C3)sc2n1. The van der Waals surface area contributed by atoms with E-state index in [4.69, 9.17) is 15.2 Å². The Morgan fingerprint density at radius 2 is 2.06 bits per heavy atom. The number of hydrogen-bond acceptors (Lipinski definition) is 8. The number of fused-ring (bicyclic) bond motifs is 4. The molecular formula is C25H27F2N5O3S. The highest BCUT2D eigenvalue weighted by Crippen LogP contribution is 2.39. The molecule has 2 aromatic heterocycles. The van der Waals surface area contributed by atoms with Crippen LogP contribution in [0.5, 0.6) is 5.75 Å².